The van der Waals surface area contributed by atoms with E-state index in [-0.39, 0.29) is 31.2 Å². The number of rotatable bonds is 8. The Morgan fingerprint density at radius 1 is 1.06 bits per heavy atom. The van der Waals surface area contributed by atoms with E-state index in [1.807, 2.05) is 36.4 Å². The summed E-state index contributed by atoms with van der Waals surface area (Å²) in [6.45, 7) is 1.85. The number of carboxylic acid groups (broad SMARTS) is 1. The lowest BCUT2D eigenvalue weighted by Gasteiger charge is -2.19. The van der Waals surface area contributed by atoms with Crippen LogP contribution in [0.1, 0.15) is 51.2 Å². The molecule has 4 N–H and O–H groups in total. The van der Waals surface area contributed by atoms with Gasteiger partial charge >= 0.3 is 12.1 Å². The third-order valence-corrected chi connectivity index (χ3v) is 6.06. The largest absolute Gasteiger partial charge is 0.477 e. The number of fused-ring (bicyclic) bond motifs is 3. The Kier molecular flexibility index (Phi) is 6.90. The van der Waals surface area contributed by atoms with Crippen LogP contribution in [0.25, 0.3) is 11.1 Å². The third-order valence-electron chi connectivity index (χ3n) is 6.06. The monoisotopic (exact) mass is 462 g/mol. The maximum atomic E-state index is 12.2. The van der Waals surface area contributed by atoms with Crippen molar-refractivity contribution < 1.29 is 29.6 Å². The Labute approximate surface area is 196 Å². The van der Waals surface area contributed by atoms with Crippen LogP contribution in [0.15, 0.2) is 60.8 Å². The Morgan fingerprint density at radius 2 is 1.68 bits per heavy atom. The van der Waals surface area contributed by atoms with Crippen molar-refractivity contribution in [2.24, 2.45) is 0 Å². The van der Waals surface area contributed by atoms with Crippen LogP contribution < -0.4 is 5.32 Å². The van der Waals surface area contributed by atoms with Crippen LogP contribution in [0.3, 0.4) is 0 Å². The van der Waals surface area contributed by atoms with E-state index in [4.69, 9.17) is 9.84 Å². The molecule has 1 amide bonds. The van der Waals surface area contributed by atoms with Gasteiger partial charge in [-0.25, -0.2) is 14.6 Å². The molecule has 34 heavy (non-hydrogen) atoms. The number of nitrogens with one attached hydrogen (secondary N) is 1. The first-order valence-electron chi connectivity index (χ1n) is 11.0. The van der Waals surface area contributed by atoms with Crippen LogP contribution in [0, 0.1) is 6.92 Å². The van der Waals surface area contributed by atoms with Gasteiger partial charge in [-0.2, -0.15) is 0 Å². The highest BCUT2D eigenvalue weighted by molar-refractivity contribution is 5.87. The molecule has 0 fully saturated rings. The molecule has 1 aromatic heterocycles. The number of pyridine rings is 1. The Morgan fingerprint density at radius 3 is 2.26 bits per heavy atom. The van der Waals surface area contributed by atoms with Gasteiger partial charge in [-0.1, -0.05) is 48.5 Å². The first kappa shape index (κ1) is 23.4. The van der Waals surface area contributed by atoms with Crippen LogP contribution in [0.2, 0.25) is 0 Å². The number of aromatic nitrogens is 1. The van der Waals surface area contributed by atoms with Crippen molar-refractivity contribution in [2.75, 3.05) is 13.2 Å². The normalized spacial score (nSPS) is 14.1. The van der Waals surface area contributed by atoms with E-state index in [0.29, 0.717) is 11.1 Å². The van der Waals surface area contributed by atoms with Gasteiger partial charge in [0, 0.05) is 24.2 Å². The average molecular weight is 463 g/mol. The van der Waals surface area contributed by atoms with E-state index in [0.717, 1.165) is 22.3 Å². The summed E-state index contributed by atoms with van der Waals surface area (Å²) in [5.74, 6) is -1.21. The van der Waals surface area contributed by atoms with Crippen LogP contribution in [0.4, 0.5) is 4.79 Å². The Balaban J connectivity index is 1.28. The van der Waals surface area contributed by atoms with E-state index in [2.05, 4.69) is 22.4 Å². The smallest absolute Gasteiger partial charge is 0.407 e. The molecule has 0 saturated carbocycles. The average Bonchev–Trinajstić information content (AvgIpc) is 3.15. The number of ether oxygens (including phenoxy) is 1. The zero-order valence-electron chi connectivity index (χ0n) is 18.6. The van der Waals surface area contributed by atoms with Gasteiger partial charge in [0.2, 0.25) is 0 Å². The second-order valence-corrected chi connectivity index (χ2v) is 8.29. The van der Waals surface area contributed by atoms with Crippen molar-refractivity contribution in [3.05, 3.63) is 88.7 Å². The van der Waals surface area contributed by atoms with Crippen molar-refractivity contribution in [1.82, 2.24) is 10.3 Å². The molecule has 4 rings (SSSR count). The molecule has 8 heteroatoms. The summed E-state index contributed by atoms with van der Waals surface area (Å²) in [7, 11) is 0. The van der Waals surface area contributed by atoms with Crippen molar-refractivity contribution in [2.45, 2.75) is 31.5 Å². The second kappa shape index (κ2) is 10.0. The molecule has 2 aromatic carbocycles. The summed E-state index contributed by atoms with van der Waals surface area (Å²) >= 11 is 0. The SMILES string of the molecule is Cc1cc(C(O)C(O)CCNC(=O)OCC2c3ccccc3-c3ccccc32)cnc1C(=O)O. The number of alkyl carbamates (subject to hydrolysis) is 1. The van der Waals surface area contributed by atoms with E-state index in [1.165, 1.54) is 12.3 Å². The molecule has 1 aliphatic rings. The summed E-state index contributed by atoms with van der Waals surface area (Å²) in [5.41, 5.74) is 5.10. The highest BCUT2D eigenvalue weighted by Gasteiger charge is 2.29. The molecule has 8 nitrogen and oxygen atoms in total. The predicted molar refractivity (Wildman–Crippen MR) is 125 cm³/mol. The standard InChI is InChI=1S/C26H26N2O6/c1-15-12-16(13-28-23(15)25(31)32)24(30)22(29)10-11-27-26(33)34-14-21-19-8-4-2-6-17(19)18-7-3-5-9-20(18)21/h2-9,12-13,21-22,24,29-30H,10-11,14H2,1H3,(H,27,33)(H,31,32). The molecule has 1 aliphatic carbocycles. The highest BCUT2D eigenvalue weighted by Crippen LogP contribution is 2.44. The predicted octanol–water partition coefficient (Wildman–Crippen LogP) is 3.41. The molecule has 0 saturated heterocycles. The number of nitrogens with zero attached hydrogens (tertiary/aromatic N) is 1. The topological polar surface area (TPSA) is 129 Å². The van der Waals surface area contributed by atoms with Crippen molar-refractivity contribution in [1.29, 1.82) is 0 Å². The fourth-order valence-electron chi connectivity index (χ4n) is 4.33. The minimum absolute atomic E-state index is 0.0462. The molecule has 2 atom stereocenters. The van der Waals surface area contributed by atoms with Gasteiger partial charge in [-0.15, -0.1) is 0 Å². The van der Waals surface area contributed by atoms with Crippen LogP contribution >= 0.6 is 0 Å². The zero-order valence-corrected chi connectivity index (χ0v) is 18.6. The lowest BCUT2D eigenvalue weighted by Crippen LogP contribution is -2.30. The number of amides is 1. The summed E-state index contributed by atoms with van der Waals surface area (Å²) in [5, 5.41) is 32.3. The number of hydrogen-bond acceptors (Lipinski definition) is 6. The van der Waals surface area contributed by atoms with Gasteiger partial charge in [0.1, 0.15) is 12.7 Å². The Bertz CT molecular complexity index is 1170. The molecule has 0 aliphatic heterocycles. The summed E-state index contributed by atoms with van der Waals surface area (Å²) in [6.07, 6.45) is -1.75. The molecule has 0 radical (unpaired) electrons. The molecule has 0 bridgehead atoms. The summed E-state index contributed by atoms with van der Waals surface area (Å²) < 4.78 is 5.46. The molecule has 176 valence electrons. The van der Waals surface area contributed by atoms with Crippen molar-refractivity contribution >= 4 is 12.1 Å². The number of carbonyl (C=O) groups is 2. The van der Waals surface area contributed by atoms with Crippen molar-refractivity contribution in [3.63, 3.8) is 0 Å². The van der Waals surface area contributed by atoms with Crippen LogP contribution in [0.5, 0.6) is 0 Å². The van der Waals surface area contributed by atoms with E-state index in [1.54, 1.807) is 6.92 Å². The number of carbonyl (C=O) groups excluding carboxylic acids is 1. The van der Waals surface area contributed by atoms with Crippen LogP contribution in [-0.2, 0) is 4.74 Å². The fraction of sp³-hybridized carbons (Fsp3) is 0.269. The third kappa shape index (κ3) is 4.78. The number of aryl methyl sites for hydroxylation is 1. The molecular weight excluding hydrogens is 436 g/mol. The number of aliphatic hydroxyl groups excluding tert-OH is 2. The zero-order chi connectivity index (χ0) is 24.2. The quantitative estimate of drug-likeness (QED) is 0.404. The van der Waals surface area contributed by atoms with E-state index in [9.17, 15) is 19.8 Å². The number of aliphatic hydroxyl groups is 2. The molecule has 1 heterocycles. The second-order valence-electron chi connectivity index (χ2n) is 8.29. The molecular formula is C26H26N2O6. The number of aromatic carboxylic acids is 1. The van der Waals surface area contributed by atoms with Crippen LogP contribution in [-0.4, -0.2) is 51.6 Å². The lowest BCUT2D eigenvalue weighted by molar-refractivity contribution is 0.0134. The van der Waals surface area contributed by atoms with Gasteiger partial charge in [-0.3, -0.25) is 0 Å². The number of hydrogen-bond donors (Lipinski definition) is 4. The maximum Gasteiger partial charge on any atom is 0.407 e. The van der Waals surface area contributed by atoms with Gasteiger partial charge in [0.15, 0.2) is 5.69 Å². The minimum Gasteiger partial charge on any atom is -0.477 e. The summed E-state index contributed by atoms with van der Waals surface area (Å²) in [4.78, 5) is 27.1. The van der Waals surface area contributed by atoms with E-state index >= 15 is 0 Å². The van der Waals surface area contributed by atoms with Gasteiger partial charge in [0.25, 0.3) is 0 Å². The maximum absolute atomic E-state index is 12.2. The number of benzene rings is 2. The highest BCUT2D eigenvalue weighted by atomic mass is 16.5. The number of carboxylic acids is 1. The Hall–Kier alpha value is -3.75. The minimum atomic E-state index is -1.27. The van der Waals surface area contributed by atoms with Crippen molar-refractivity contribution in [3.8, 4) is 11.1 Å². The van der Waals surface area contributed by atoms with E-state index < -0.39 is 24.3 Å². The molecule has 2 unspecified atom stereocenters. The van der Waals surface area contributed by atoms with Gasteiger partial charge in [-0.05, 0) is 47.2 Å². The molecule has 0 spiro atoms. The summed E-state index contributed by atoms with van der Waals surface area (Å²) in [6, 6.07) is 17.6. The lowest BCUT2D eigenvalue weighted by atomic mass is 9.98. The molecule has 3 aromatic rings. The fourth-order valence-corrected chi connectivity index (χ4v) is 4.33. The first-order chi connectivity index (χ1) is 16.4. The first-order valence-corrected chi connectivity index (χ1v) is 11.0. The van der Waals surface area contributed by atoms with Gasteiger partial charge < -0.3 is 25.4 Å². The van der Waals surface area contributed by atoms with Gasteiger partial charge in [0.05, 0.1) is 6.10 Å².